The Bertz CT molecular complexity index is 273. The van der Waals surface area contributed by atoms with Gasteiger partial charge in [0.25, 0.3) is 0 Å². The van der Waals surface area contributed by atoms with Crippen molar-refractivity contribution >= 4 is 18.3 Å². The zero-order valence-corrected chi connectivity index (χ0v) is 11.3. The van der Waals surface area contributed by atoms with Crippen LogP contribution in [0.4, 0.5) is 5.69 Å². The Hall–Kier alpha value is -0.630. The van der Waals surface area contributed by atoms with Crippen LogP contribution in [0.15, 0.2) is 30.3 Å². The first-order chi connectivity index (χ1) is 7.81. The second kappa shape index (κ2) is 7.61. The fourth-order valence-electron chi connectivity index (χ4n) is 2.02. The van der Waals surface area contributed by atoms with Crippen LogP contribution in [-0.2, 0) is 0 Å². The first-order valence-corrected chi connectivity index (χ1v) is 6.85. The van der Waals surface area contributed by atoms with Crippen molar-refractivity contribution in [2.75, 3.05) is 23.7 Å². The molecule has 0 aliphatic carbocycles. The van der Waals surface area contributed by atoms with E-state index in [-0.39, 0.29) is 0 Å². The van der Waals surface area contributed by atoms with Crippen molar-refractivity contribution in [1.82, 2.24) is 0 Å². The fraction of sp³-hybridized carbons (Fsp3) is 0.571. The summed E-state index contributed by atoms with van der Waals surface area (Å²) in [7, 11) is 0. The standard InChI is InChI=1S/C14H23NS/c1-3-8-13(12-16)11-15(4-2)14-9-6-5-7-10-14/h5-7,9-10,13,16H,3-4,8,11-12H2,1-2H3. The minimum absolute atomic E-state index is 0.702. The second-order valence-corrected chi connectivity index (χ2v) is 4.58. The van der Waals surface area contributed by atoms with Gasteiger partial charge in [0.2, 0.25) is 0 Å². The highest BCUT2D eigenvalue weighted by atomic mass is 32.1. The van der Waals surface area contributed by atoms with Crippen LogP contribution in [0.25, 0.3) is 0 Å². The maximum atomic E-state index is 4.45. The molecule has 0 fully saturated rings. The Morgan fingerprint density at radius 1 is 1.19 bits per heavy atom. The highest BCUT2D eigenvalue weighted by Crippen LogP contribution is 2.17. The number of rotatable bonds is 7. The number of anilines is 1. The molecule has 2 heteroatoms. The Morgan fingerprint density at radius 2 is 1.88 bits per heavy atom. The smallest absolute Gasteiger partial charge is 0.0366 e. The van der Waals surface area contributed by atoms with E-state index in [1.54, 1.807) is 0 Å². The van der Waals surface area contributed by atoms with Crippen molar-refractivity contribution in [1.29, 1.82) is 0 Å². The van der Waals surface area contributed by atoms with Crippen LogP contribution in [-0.4, -0.2) is 18.8 Å². The molecule has 0 spiro atoms. The number of hydrogen-bond donors (Lipinski definition) is 1. The summed E-state index contributed by atoms with van der Waals surface area (Å²) in [6, 6.07) is 10.6. The summed E-state index contributed by atoms with van der Waals surface area (Å²) in [5, 5.41) is 0. The van der Waals surface area contributed by atoms with Gasteiger partial charge < -0.3 is 4.90 Å². The van der Waals surface area contributed by atoms with Gasteiger partial charge in [0, 0.05) is 18.8 Å². The van der Waals surface area contributed by atoms with Gasteiger partial charge in [0.1, 0.15) is 0 Å². The van der Waals surface area contributed by atoms with Crippen LogP contribution in [0.3, 0.4) is 0 Å². The van der Waals surface area contributed by atoms with E-state index in [1.807, 2.05) is 0 Å². The number of hydrogen-bond acceptors (Lipinski definition) is 2. The van der Waals surface area contributed by atoms with Gasteiger partial charge in [-0.1, -0.05) is 31.5 Å². The van der Waals surface area contributed by atoms with Gasteiger partial charge in [-0.05, 0) is 37.1 Å². The number of nitrogens with zero attached hydrogens (tertiary/aromatic N) is 1. The van der Waals surface area contributed by atoms with Gasteiger partial charge in [-0.2, -0.15) is 12.6 Å². The zero-order chi connectivity index (χ0) is 11.8. The molecule has 0 heterocycles. The van der Waals surface area contributed by atoms with Gasteiger partial charge >= 0.3 is 0 Å². The highest BCUT2D eigenvalue weighted by molar-refractivity contribution is 7.80. The van der Waals surface area contributed by atoms with Gasteiger partial charge in [0.15, 0.2) is 0 Å². The largest absolute Gasteiger partial charge is 0.372 e. The SMILES string of the molecule is CCCC(CS)CN(CC)c1ccccc1. The highest BCUT2D eigenvalue weighted by Gasteiger charge is 2.11. The van der Waals surface area contributed by atoms with Crippen molar-refractivity contribution in [3.05, 3.63) is 30.3 Å². The van der Waals surface area contributed by atoms with Gasteiger partial charge in [-0.15, -0.1) is 0 Å². The van der Waals surface area contributed by atoms with Crippen molar-refractivity contribution in [2.45, 2.75) is 26.7 Å². The monoisotopic (exact) mass is 237 g/mol. The lowest BCUT2D eigenvalue weighted by atomic mass is 10.1. The lowest BCUT2D eigenvalue weighted by Crippen LogP contribution is -2.30. The van der Waals surface area contributed by atoms with Crippen molar-refractivity contribution in [3.8, 4) is 0 Å². The van der Waals surface area contributed by atoms with Crippen LogP contribution >= 0.6 is 12.6 Å². The second-order valence-electron chi connectivity index (χ2n) is 4.21. The summed E-state index contributed by atoms with van der Waals surface area (Å²) in [5.74, 6) is 1.69. The molecule has 1 aromatic rings. The van der Waals surface area contributed by atoms with Crippen molar-refractivity contribution in [3.63, 3.8) is 0 Å². The van der Waals surface area contributed by atoms with Crippen LogP contribution in [0.1, 0.15) is 26.7 Å². The number of thiol groups is 1. The lowest BCUT2D eigenvalue weighted by molar-refractivity contribution is 0.524. The normalized spacial score (nSPS) is 12.4. The van der Waals surface area contributed by atoms with E-state index in [0.29, 0.717) is 5.92 Å². The van der Waals surface area contributed by atoms with E-state index < -0.39 is 0 Å². The van der Waals surface area contributed by atoms with Crippen molar-refractivity contribution in [2.24, 2.45) is 5.92 Å². The fourth-order valence-corrected chi connectivity index (χ4v) is 2.31. The van der Waals surface area contributed by atoms with E-state index in [9.17, 15) is 0 Å². The number of para-hydroxylation sites is 1. The maximum Gasteiger partial charge on any atom is 0.0366 e. The molecule has 0 aliphatic rings. The summed E-state index contributed by atoms with van der Waals surface area (Å²) < 4.78 is 0. The lowest BCUT2D eigenvalue weighted by Gasteiger charge is -2.27. The maximum absolute atomic E-state index is 4.45. The molecule has 0 radical (unpaired) electrons. The third-order valence-electron chi connectivity index (χ3n) is 2.94. The molecule has 0 aromatic heterocycles. The molecule has 16 heavy (non-hydrogen) atoms. The third kappa shape index (κ3) is 4.09. The van der Waals surface area contributed by atoms with Crippen LogP contribution in [0.2, 0.25) is 0 Å². The minimum atomic E-state index is 0.702. The Balaban J connectivity index is 2.61. The minimum Gasteiger partial charge on any atom is -0.372 e. The molecule has 0 saturated heterocycles. The Morgan fingerprint density at radius 3 is 2.38 bits per heavy atom. The van der Waals surface area contributed by atoms with Crippen LogP contribution in [0.5, 0.6) is 0 Å². The summed E-state index contributed by atoms with van der Waals surface area (Å²) >= 11 is 4.45. The van der Waals surface area contributed by atoms with Crippen molar-refractivity contribution < 1.29 is 0 Å². The van der Waals surface area contributed by atoms with E-state index >= 15 is 0 Å². The molecule has 0 bridgehead atoms. The predicted octanol–water partition coefficient (Wildman–Crippen LogP) is 3.86. The molecule has 1 atom stereocenters. The van der Waals surface area contributed by atoms with E-state index in [4.69, 9.17) is 0 Å². The average molecular weight is 237 g/mol. The van der Waals surface area contributed by atoms with Gasteiger partial charge in [-0.3, -0.25) is 0 Å². The molecule has 1 nitrogen and oxygen atoms in total. The Labute approximate surface area is 105 Å². The Kier molecular flexibility index (Phi) is 6.39. The quantitative estimate of drug-likeness (QED) is 0.705. The predicted molar refractivity (Wildman–Crippen MR) is 76.6 cm³/mol. The van der Waals surface area contributed by atoms with Gasteiger partial charge in [0.05, 0.1) is 0 Å². The molecule has 0 N–H and O–H groups in total. The summed E-state index contributed by atoms with van der Waals surface area (Å²) in [6.07, 6.45) is 2.52. The molecule has 0 amide bonds. The van der Waals surface area contributed by atoms with Gasteiger partial charge in [-0.25, -0.2) is 0 Å². The van der Waals surface area contributed by atoms with Crippen LogP contribution < -0.4 is 4.90 Å². The van der Waals surface area contributed by atoms with E-state index in [1.165, 1.54) is 18.5 Å². The molecule has 0 saturated carbocycles. The van der Waals surface area contributed by atoms with Crippen LogP contribution in [0, 0.1) is 5.92 Å². The topological polar surface area (TPSA) is 3.24 Å². The molecular weight excluding hydrogens is 214 g/mol. The first kappa shape index (κ1) is 13.4. The van der Waals surface area contributed by atoms with E-state index in [2.05, 4.69) is 61.7 Å². The summed E-state index contributed by atoms with van der Waals surface area (Å²) in [6.45, 7) is 6.65. The average Bonchev–Trinajstić information content (AvgIpc) is 2.35. The van der Waals surface area contributed by atoms with E-state index in [0.717, 1.165) is 18.8 Å². The summed E-state index contributed by atoms with van der Waals surface area (Å²) in [5.41, 5.74) is 1.33. The first-order valence-electron chi connectivity index (χ1n) is 6.22. The molecule has 1 rings (SSSR count). The summed E-state index contributed by atoms with van der Waals surface area (Å²) in [4.78, 5) is 2.44. The zero-order valence-electron chi connectivity index (χ0n) is 10.4. The molecule has 1 aromatic carbocycles. The number of benzene rings is 1. The molecule has 90 valence electrons. The molecule has 0 aliphatic heterocycles. The molecule has 1 unspecified atom stereocenters. The third-order valence-corrected chi connectivity index (χ3v) is 3.45. The molecular formula is C14H23NS.